The van der Waals surface area contributed by atoms with E-state index in [1.807, 2.05) is 96.8 Å². The van der Waals surface area contributed by atoms with Gasteiger partial charge in [0.15, 0.2) is 0 Å². The Kier molecular flexibility index (Phi) is 6.14. The van der Waals surface area contributed by atoms with Crippen LogP contribution in [0.15, 0.2) is 84.9 Å². The molecule has 1 atom stereocenters. The third-order valence-electron chi connectivity index (χ3n) is 6.41. The van der Waals surface area contributed by atoms with Crippen molar-refractivity contribution in [3.05, 3.63) is 102 Å². The Morgan fingerprint density at radius 2 is 1.53 bits per heavy atom. The molecular weight excluding hydrogens is 424 g/mol. The van der Waals surface area contributed by atoms with Crippen LogP contribution < -0.4 is 5.32 Å². The number of nitrogens with zero attached hydrogens (tertiary/aromatic N) is 2. The Morgan fingerprint density at radius 3 is 2.24 bits per heavy atom. The largest absolute Gasteiger partial charge is 0.351 e. The van der Waals surface area contributed by atoms with E-state index in [0.717, 1.165) is 27.7 Å². The average Bonchev–Trinajstić information content (AvgIpc) is 3.31. The van der Waals surface area contributed by atoms with Crippen molar-refractivity contribution in [2.45, 2.75) is 13.0 Å². The standard InChI is InChI=1S/C28H28N4O2/c1-20-11-13-23(14-12-20)29-27(33)26(21-7-3-2-4-8-21)31-15-17-32(18-16-31)28(34)25-19-22-9-5-6-10-24(22)30-25/h2-14,19,26,30H,15-18H2,1H3,(H,29,33). The Hall–Kier alpha value is -3.90. The number of carbonyl (C=O) groups is 2. The number of H-pyrrole nitrogens is 1. The van der Waals surface area contributed by atoms with Gasteiger partial charge in [-0.25, -0.2) is 0 Å². The number of anilines is 1. The van der Waals surface area contributed by atoms with Crippen LogP contribution in [0.25, 0.3) is 10.9 Å². The van der Waals surface area contributed by atoms with Gasteiger partial charge in [0.1, 0.15) is 11.7 Å². The first-order valence-corrected chi connectivity index (χ1v) is 11.6. The summed E-state index contributed by atoms with van der Waals surface area (Å²) in [6.45, 7) is 4.39. The molecule has 0 radical (unpaired) electrons. The lowest BCUT2D eigenvalue weighted by Gasteiger charge is -2.38. The van der Waals surface area contributed by atoms with E-state index in [4.69, 9.17) is 0 Å². The molecule has 6 nitrogen and oxygen atoms in total. The van der Waals surface area contributed by atoms with Gasteiger partial charge in [-0.05, 0) is 36.8 Å². The number of hydrogen-bond donors (Lipinski definition) is 2. The molecule has 0 aliphatic carbocycles. The summed E-state index contributed by atoms with van der Waals surface area (Å²) in [5, 5.41) is 4.10. The number of nitrogens with one attached hydrogen (secondary N) is 2. The predicted molar refractivity (Wildman–Crippen MR) is 135 cm³/mol. The lowest BCUT2D eigenvalue weighted by atomic mass is 10.0. The Balaban J connectivity index is 1.30. The number of piperazine rings is 1. The quantitative estimate of drug-likeness (QED) is 0.465. The Bertz CT molecular complexity index is 1260. The fraction of sp³-hybridized carbons (Fsp3) is 0.214. The molecule has 2 amide bonds. The van der Waals surface area contributed by atoms with Crippen molar-refractivity contribution in [1.29, 1.82) is 0 Å². The molecule has 1 unspecified atom stereocenters. The van der Waals surface area contributed by atoms with E-state index in [0.29, 0.717) is 31.9 Å². The van der Waals surface area contributed by atoms with E-state index in [2.05, 4.69) is 15.2 Å². The summed E-state index contributed by atoms with van der Waals surface area (Å²) < 4.78 is 0. The number of benzene rings is 3. The maximum Gasteiger partial charge on any atom is 0.270 e. The molecule has 6 heteroatoms. The van der Waals surface area contributed by atoms with Crippen molar-refractivity contribution >= 4 is 28.4 Å². The summed E-state index contributed by atoms with van der Waals surface area (Å²) in [5.74, 6) is -0.0679. The topological polar surface area (TPSA) is 68.4 Å². The van der Waals surface area contributed by atoms with Crippen LogP contribution in [0.5, 0.6) is 0 Å². The first kappa shape index (κ1) is 21.9. The van der Waals surface area contributed by atoms with Crippen LogP contribution in [0.4, 0.5) is 5.69 Å². The molecule has 1 aromatic heterocycles. The van der Waals surface area contributed by atoms with Gasteiger partial charge in [0.05, 0.1) is 0 Å². The van der Waals surface area contributed by atoms with E-state index < -0.39 is 6.04 Å². The zero-order valence-electron chi connectivity index (χ0n) is 19.2. The molecule has 3 aromatic carbocycles. The van der Waals surface area contributed by atoms with Crippen LogP contribution in [-0.4, -0.2) is 52.8 Å². The SMILES string of the molecule is Cc1ccc(NC(=O)C(c2ccccc2)N2CCN(C(=O)c3cc4ccccc4[nH]3)CC2)cc1. The minimum absolute atomic E-state index is 0.00350. The first-order chi connectivity index (χ1) is 16.6. The number of aromatic amines is 1. The zero-order chi connectivity index (χ0) is 23.5. The van der Waals surface area contributed by atoms with Crippen LogP contribution in [0, 0.1) is 6.92 Å². The molecule has 5 rings (SSSR count). The summed E-state index contributed by atoms with van der Waals surface area (Å²) in [4.78, 5) is 33.8. The summed E-state index contributed by atoms with van der Waals surface area (Å²) in [7, 11) is 0. The molecule has 1 saturated heterocycles. The number of carbonyl (C=O) groups excluding carboxylic acids is 2. The van der Waals surface area contributed by atoms with E-state index in [9.17, 15) is 9.59 Å². The van der Waals surface area contributed by atoms with Gasteiger partial charge in [-0.3, -0.25) is 14.5 Å². The third kappa shape index (κ3) is 4.58. The van der Waals surface area contributed by atoms with Gasteiger partial charge in [-0.1, -0.05) is 66.2 Å². The van der Waals surface area contributed by atoms with Gasteiger partial charge >= 0.3 is 0 Å². The molecular formula is C28H28N4O2. The minimum atomic E-state index is -0.423. The van der Waals surface area contributed by atoms with Crippen molar-refractivity contribution < 1.29 is 9.59 Å². The summed E-state index contributed by atoms with van der Waals surface area (Å²) in [5.41, 5.74) is 4.44. The number of fused-ring (bicyclic) bond motifs is 1. The van der Waals surface area contributed by atoms with Crippen molar-refractivity contribution in [2.24, 2.45) is 0 Å². The van der Waals surface area contributed by atoms with Gasteiger partial charge in [-0.15, -0.1) is 0 Å². The molecule has 34 heavy (non-hydrogen) atoms. The number of hydrogen-bond acceptors (Lipinski definition) is 3. The van der Waals surface area contributed by atoms with E-state index in [-0.39, 0.29) is 11.8 Å². The van der Waals surface area contributed by atoms with E-state index in [1.165, 1.54) is 0 Å². The second kappa shape index (κ2) is 9.53. The molecule has 172 valence electrons. The second-order valence-corrected chi connectivity index (χ2v) is 8.77. The maximum atomic E-state index is 13.4. The minimum Gasteiger partial charge on any atom is -0.351 e. The Labute approximate surface area is 199 Å². The maximum absolute atomic E-state index is 13.4. The monoisotopic (exact) mass is 452 g/mol. The highest BCUT2D eigenvalue weighted by Gasteiger charge is 2.32. The molecule has 1 aliphatic rings. The van der Waals surface area contributed by atoms with E-state index in [1.54, 1.807) is 0 Å². The number of para-hydroxylation sites is 1. The van der Waals surface area contributed by atoms with Gasteiger partial charge < -0.3 is 15.2 Å². The normalized spacial score (nSPS) is 15.3. The van der Waals surface area contributed by atoms with Gasteiger partial charge in [-0.2, -0.15) is 0 Å². The highest BCUT2D eigenvalue weighted by molar-refractivity contribution is 5.98. The second-order valence-electron chi connectivity index (χ2n) is 8.77. The summed E-state index contributed by atoms with van der Waals surface area (Å²) >= 11 is 0. The molecule has 2 N–H and O–H groups in total. The molecule has 0 bridgehead atoms. The van der Waals surface area contributed by atoms with Crippen LogP contribution in [-0.2, 0) is 4.79 Å². The highest BCUT2D eigenvalue weighted by Crippen LogP contribution is 2.25. The lowest BCUT2D eigenvalue weighted by molar-refractivity contribution is -0.122. The highest BCUT2D eigenvalue weighted by atomic mass is 16.2. The molecule has 0 spiro atoms. The molecule has 1 fully saturated rings. The average molecular weight is 453 g/mol. The molecule has 4 aromatic rings. The molecule has 0 saturated carbocycles. The third-order valence-corrected chi connectivity index (χ3v) is 6.41. The zero-order valence-corrected chi connectivity index (χ0v) is 19.2. The van der Waals surface area contributed by atoms with E-state index >= 15 is 0 Å². The smallest absolute Gasteiger partial charge is 0.270 e. The fourth-order valence-corrected chi connectivity index (χ4v) is 4.55. The van der Waals surface area contributed by atoms with Gasteiger partial charge in [0, 0.05) is 42.8 Å². The van der Waals surface area contributed by atoms with Crippen molar-refractivity contribution in [3.63, 3.8) is 0 Å². The molecule has 2 heterocycles. The van der Waals surface area contributed by atoms with Crippen LogP contribution in [0.2, 0.25) is 0 Å². The molecule has 1 aliphatic heterocycles. The van der Waals surface area contributed by atoms with Crippen LogP contribution >= 0.6 is 0 Å². The number of amides is 2. The number of aromatic nitrogens is 1. The summed E-state index contributed by atoms with van der Waals surface area (Å²) in [6, 6.07) is 27.0. The Morgan fingerprint density at radius 1 is 0.853 bits per heavy atom. The van der Waals surface area contributed by atoms with Crippen molar-refractivity contribution in [1.82, 2.24) is 14.8 Å². The fourth-order valence-electron chi connectivity index (χ4n) is 4.55. The van der Waals surface area contributed by atoms with Crippen LogP contribution in [0.3, 0.4) is 0 Å². The van der Waals surface area contributed by atoms with Crippen molar-refractivity contribution in [3.8, 4) is 0 Å². The van der Waals surface area contributed by atoms with Crippen LogP contribution in [0.1, 0.15) is 27.7 Å². The summed E-state index contributed by atoms with van der Waals surface area (Å²) in [6.07, 6.45) is 0. The van der Waals surface area contributed by atoms with Gasteiger partial charge in [0.25, 0.3) is 5.91 Å². The number of rotatable bonds is 5. The number of aryl methyl sites for hydroxylation is 1. The van der Waals surface area contributed by atoms with Gasteiger partial charge in [0.2, 0.25) is 5.91 Å². The predicted octanol–water partition coefficient (Wildman–Crippen LogP) is 4.61. The van der Waals surface area contributed by atoms with Crippen molar-refractivity contribution in [2.75, 3.05) is 31.5 Å². The first-order valence-electron chi connectivity index (χ1n) is 11.6. The lowest BCUT2D eigenvalue weighted by Crippen LogP contribution is -2.51.